The lowest BCUT2D eigenvalue weighted by atomic mass is 9.63. The lowest BCUT2D eigenvalue weighted by Crippen LogP contribution is -2.40. The van der Waals surface area contributed by atoms with Gasteiger partial charge in [0, 0.05) is 24.7 Å². The number of rotatable bonds is 28. The molecule has 0 radical (unpaired) electrons. The van der Waals surface area contributed by atoms with E-state index in [4.69, 9.17) is 0 Å². The van der Waals surface area contributed by atoms with Gasteiger partial charge in [-0.25, -0.2) is 0 Å². The van der Waals surface area contributed by atoms with Crippen molar-refractivity contribution >= 4 is 11.6 Å². The summed E-state index contributed by atoms with van der Waals surface area (Å²) in [5, 5.41) is 0. The van der Waals surface area contributed by atoms with Gasteiger partial charge in [-0.1, -0.05) is 144 Å². The maximum atomic E-state index is 13.8. The molecule has 0 aromatic heterocycles. The highest BCUT2D eigenvalue weighted by molar-refractivity contribution is 5.91. The molecule has 0 aromatic carbocycles. The van der Waals surface area contributed by atoms with E-state index in [0.29, 0.717) is 36.7 Å². The standard InChI is InChI=1S/C34H66O2/c1-6-11-14-16-18-19-20-21-22-24-28-32(35)30-34(10-5,31(26-9-4)27-13-8-3)33(36)29-25-23-17-15-12-7-2/h31H,6-30H2,1-5H3. The third-order valence-corrected chi connectivity index (χ3v) is 8.59. The van der Waals surface area contributed by atoms with Crippen LogP contribution >= 0.6 is 0 Å². The van der Waals surface area contributed by atoms with Crippen molar-refractivity contribution in [3.05, 3.63) is 0 Å². The minimum Gasteiger partial charge on any atom is -0.300 e. The molecular weight excluding hydrogens is 440 g/mol. The first-order valence-electron chi connectivity index (χ1n) is 16.6. The summed E-state index contributed by atoms with van der Waals surface area (Å²) in [6.07, 6.45) is 28.5. The molecule has 0 aliphatic heterocycles. The van der Waals surface area contributed by atoms with Crippen LogP contribution in [0.4, 0.5) is 0 Å². The van der Waals surface area contributed by atoms with Crippen molar-refractivity contribution in [2.45, 2.75) is 195 Å². The third kappa shape index (κ3) is 16.2. The summed E-state index contributed by atoms with van der Waals surface area (Å²) in [6.45, 7) is 11.2. The Morgan fingerprint density at radius 2 is 0.944 bits per heavy atom. The Bertz CT molecular complexity index is 511. The highest BCUT2D eigenvalue weighted by Crippen LogP contribution is 2.44. The number of hydrogen-bond donors (Lipinski definition) is 0. The van der Waals surface area contributed by atoms with Crippen LogP contribution in [0.1, 0.15) is 195 Å². The van der Waals surface area contributed by atoms with Crippen molar-refractivity contribution in [2.75, 3.05) is 0 Å². The van der Waals surface area contributed by atoms with Gasteiger partial charge >= 0.3 is 0 Å². The molecule has 214 valence electrons. The van der Waals surface area contributed by atoms with Crippen LogP contribution in [0, 0.1) is 11.3 Å². The SMILES string of the molecule is CCCCCCCCCCCCC(=O)CC(CC)(C(=O)CCCCCCCC)C(CCC)CCCC. The molecule has 0 N–H and O–H groups in total. The monoisotopic (exact) mass is 507 g/mol. The number of hydrogen-bond acceptors (Lipinski definition) is 2. The minimum absolute atomic E-state index is 0.352. The van der Waals surface area contributed by atoms with Gasteiger partial charge in [0.25, 0.3) is 0 Å². The number of carbonyl (C=O) groups is 2. The largest absolute Gasteiger partial charge is 0.300 e. The van der Waals surface area contributed by atoms with Crippen LogP contribution in [-0.2, 0) is 9.59 Å². The Morgan fingerprint density at radius 3 is 1.39 bits per heavy atom. The number of unbranched alkanes of at least 4 members (excludes halogenated alkanes) is 15. The second-order valence-corrected chi connectivity index (χ2v) is 11.7. The number of ketones is 2. The molecule has 0 saturated heterocycles. The van der Waals surface area contributed by atoms with Crippen LogP contribution in [0.5, 0.6) is 0 Å². The average molecular weight is 507 g/mol. The van der Waals surface area contributed by atoms with Crippen LogP contribution < -0.4 is 0 Å². The van der Waals surface area contributed by atoms with E-state index in [-0.39, 0.29) is 0 Å². The molecule has 2 heteroatoms. The van der Waals surface area contributed by atoms with E-state index in [1.807, 2.05) is 0 Å². The van der Waals surface area contributed by atoms with Crippen LogP contribution in [0.25, 0.3) is 0 Å². The van der Waals surface area contributed by atoms with E-state index in [9.17, 15) is 9.59 Å². The summed E-state index contributed by atoms with van der Waals surface area (Å²) in [6, 6.07) is 0. The molecule has 0 fully saturated rings. The molecule has 0 amide bonds. The first-order valence-corrected chi connectivity index (χ1v) is 16.6. The van der Waals surface area contributed by atoms with Gasteiger partial charge in [0.2, 0.25) is 0 Å². The first kappa shape index (κ1) is 35.3. The van der Waals surface area contributed by atoms with E-state index in [2.05, 4.69) is 34.6 Å². The molecule has 0 heterocycles. The van der Waals surface area contributed by atoms with E-state index < -0.39 is 5.41 Å². The van der Waals surface area contributed by atoms with Gasteiger partial charge in [-0.2, -0.15) is 0 Å². The Labute approximate surface area is 227 Å². The number of carbonyl (C=O) groups excluding carboxylic acids is 2. The van der Waals surface area contributed by atoms with Crippen LogP contribution in [-0.4, -0.2) is 11.6 Å². The van der Waals surface area contributed by atoms with Crippen molar-refractivity contribution in [3.8, 4) is 0 Å². The molecule has 0 aromatic rings. The quantitative estimate of drug-likeness (QED) is 0.0988. The zero-order chi connectivity index (χ0) is 26.9. The molecule has 2 unspecified atom stereocenters. The summed E-state index contributed by atoms with van der Waals surface area (Å²) in [4.78, 5) is 27.0. The van der Waals surface area contributed by atoms with Gasteiger partial charge in [-0.05, 0) is 38.0 Å². The molecule has 0 saturated carbocycles. The second-order valence-electron chi connectivity index (χ2n) is 11.7. The molecule has 2 atom stereocenters. The lowest BCUT2D eigenvalue weighted by Gasteiger charge is -2.39. The van der Waals surface area contributed by atoms with Crippen LogP contribution in [0.2, 0.25) is 0 Å². The predicted molar refractivity (Wildman–Crippen MR) is 160 cm³/mol. The Kier molecular flexibility index (Phi) is 24.2. The molecule has 0 bridgehead atoms. The van der Waals surface area contributed by atoms with Gasteiger partial charge in [-0.3, -0.25) is 9.59 Å². The minimum atomic E-state index is -0.413. The fraction of sp³-hybridized carbons (Fsp3) is 0.941. The fourth-order valence-corrected chi connectivity index (χ4v) is 6.14. The molecule has 0 spiro atoms. The smallest absolute Gasteiger partial charge is 0.139 e. The second kappa shape index (κ2) is 24.7. The highest BCUT2D eigenvalue weighted by Gasteiger charge is 2.43. The maximum Gasteiger partial charge on any atom is 0.139 e. The van der Waals surface area contributed by atoms with Gasteiger partial charge in [0.15, 0.2) is 0 Å². The first-order chi connectivity index (χ1) is 17.5. The zero-order valence-electron chi connectivity index (χ0n) is 25.6. The lowest BCUT2D eigenvalue weighted by molar-refractivity contribution is -0.138. The summed E-state index contributed by atoms with van der Waals surface area (Å²) in [5.74, 6) is 1.13. The Balaban J connectivity index is 4.84. The fourth-order valence-electron chi connectivity index (χ4n) is 6.14. The van der Waals surface area contributed by atoms with Crippen LogP contribution in [0.3, 0.4) is 0 Å². The molecule has 36 heavy (non-hydrogen) atoms. The summed E-state index contributed by atoms with van der Waals surface area (Å²) < 4.78 is 0. The van der Waals surface area contributed by atoms with Crippen molar-refractivity contribution in [1.82, 2.24) is 0 Å². The van der Waals surface area contributed by atoms with E-state index in [1.54, 1.807) is 0 Å². The van der Waals surface area contributed by atoms with Gasteiger partial charge in [-0.15, -0.1) is 0 Å². The molecule has 0 rings (SSSR count). The maximum absolute atomic E-state index is 13.8. The third-order valence-electron chi connectivity index (χ3n) is 8.59. The molecule has 2 nitrogen and oxygen atoms in total. The Morgan fingerprint density at radius 1 is 0.500 bits per heavy atom. The zero-order valence-corrected chi connectivity index (χ0v) is 25.6. The number of Topliss-reactive ketones (excluding diaryl/α,β-unsaturated/α-hetero) is 2. The Hall–Kier alpha value is -0.660. The topological polar surface area (TPSA) is 34.1 Å². The molecular formula is C34H66O2. The van der Waals surface area contributed by atoms with Crippen molar-refractivity contribution < 1.29 is 9.59 Å². The van der Waals surface area contributed by atoms with E-state index in [0.717, 1.165) is 51.4 Å². The van der Waals surface area contributed by atoms with Gasteiger partial charge < -0.3 is 0 Å². The van der Waals surface area contributed by atoms with Crippen LogP contribution in [0.15, 0.2) is 0 Å². The summed E-state index contributed by atoms with van der Waals surface area (Å²) in [7, 11) is 0. The highest BCUT2D eigenvalue weighted by atomic mass is 16.1. The van der Waals surface area contributed by atoms with Crippen molar-refractivity contribution in [2.24, 2.45) is 11.3 Å². The molecule has 0 aliphatic carbocycles. The van der Waals surface area contributed by atoms with Gasteiger partial charge in [0.05, 0.1) is 0 Å². The van der Waals surface area contributed by atoms with Crippen molar-refractivity contribution in [1.29, 1.82) is 0 Å². The summed E-state index contributed by atoms with van der Waals surface area (Å²) >= 11 is 0. The normalized spacial score (nSPS) is 14.0. The average Bonchev–Trinajstić information content (AvgIpc) is 2.88. The van der Waals surface area contributed by atoms with E-state index >= 15 is 0 Å². The van der Waals surface area contributed by atoms with E-state index in [1.165, 1.54) is 89.9 Å². The summed E-state index contributed by atoms with van der Waals surface area (Å²) in [5.41, 5.74) is -0.413. The van der Waals surface area contributed by atoms with Crippen molar-refractivity contribution in [3.63, 3.8) is 0 Å². The van der Waals surface area contributed by atoms with Gasteiger partial charge in [0.1, 0.15) is 11.6 Å². The molecule has 0 aliphatic rings. The predicted octanol–water partition coefficient (Wildman–Crippen LogP) is 11.6.